The topological polar surface area (TPSA) is 46.9 Å². The standard InChI is InChI=1S/C16H21N3O/c20-16-14-7-3-4-8-15(14)18-12-19(16)10-9-17-11-13-5-1-2-6-13/h3-4,7-8,12-13,17H,1-2,5-6,9-11H2. The summed E-state index contributed by atoms with van der Waals surface area (Å²) in [5, 5.41) is 4.16. The van der Waals surface area contributed by atoms with E-state index < -0.39 is 0 Å². The Bertz CT molecular complexity index is 629. The van der Waals surface area contributed by atoms with Gasteiger partial charge in [-0.2, -0.15) is 0 Å². The molecule has 1 aliphatic carbocycles. The molecule has 0 spiro atoms. The molecule has 0 amide bonds. The molecule has 20 heavy (non-hydrogen) atoms. The Hall–Kier alpha value is -1.68. The van der Waals surface area contributed by atoms with E-state index in [1.807, 2.05) is 24.3 Å². The van der Waals surface area contributed by atoms with Gasteiger partial charge in [0.25, 0.3) is 5.56 Å². The molecule has 2 aromatic rings. The molecule has 0 radical (unpaired) electrons. The second-order valence-corrected chi connectivity index (χ2v) is 5.61. The van der Waals surface area contributed by atoms with Crippen LogP contribution in [0.2, 0.25) is 0 Å². The maximum atomic E-state index is 12.3. The molecule has 1 N–H and O–H groups in total. The number of fused-ring (bicyclic) bond motifs is 1. The van der Waals surface area contributed by atoms with Crippen molar-refractivity contribution in [1.82, 2.24) is 14.9 Å². The predicted octanol–water partition coefficient (Wildman–Crippen LogP) is 2.18. The molecule has 0 unspecified atom stereocenters. The summed E-state index contributed by atoms with van der Waals surface area (Å²) in [4.78, 5) is 16.6. The van der Waals surface area contributed by atoms with Gasteiger partial charge in [0.15, 0.2) is 0 Å². The first-order valence-corrected chi connectivity index (χ1v) is 7.49. The van der Waals surface area contributed by atoms with Crippen LogP contribution in [0.5, 0.6) is 0 Å². The highest BCUT2D eigenvalue weighted by Gasteiger charge is 2.13. The van der Waals surface area contributed by atoms with E-state index in [1.54, 1.807) is 10.9 Å². The van der Waals surface area contributed by atoms with Crippen LogP contribution in [0.25, 0.3) is 10.9 Å². The molecule has 1 saturated carbocycles. The predicted molar refractivity (Wildman–Crippen MR) is 80.8 cm³/mol. The molecule has 3 rings (SSSR count). The van der Waals surface area contributed by atoms with Crippen molar-refractivity contribution in [2.24, 2.45) is 5.92 Å². The summed E-state index contributed by atoms with van der Waals surface area (Å²) in [6, 6.07) is 7.50. The monoisotopic (exact) mass is 271 g/mol. The van der Waals surface area contributed by atoms with E-state index >= 15 is 0 Å². The maximum Gasteiger partial charge on any atom is 0.261 e. The van der Waals surface area contributed by atoms with E-state index in [1.165, 1.54) is 25.7 Å². The average molecular weight is 271 g/mol. The second kappa shape index (κ2) is 6.18. The molecule has 0 bridgehead atoms. The normalized spacial score (nSPS) is 16.0. The van der Waals surface area contributed by atoms with Crippen LogP contribution in [0, 0.1) is 5.92 Å². The molecule has 1 aromatic carbocycles. The molecule has 0 aliphatic heterocycles. The molecular formula is C16H21N3O. The SMILES string of the molecule is O=c1c2ccccc2ncn1CCNCC1CCCC1. The lowest BCUT2D eigenvalue weighted by molar-refractivity contribution is 0.473. The smallest absolute Gasteiger partial charge is 0.261 e. The Morgan fingerprint density at radius 1 is 1.25 bits per heavy atom. The van der Waals surface area contributed by atoms with Gasteiger partial charge in [0.2, 0.25) is 0 Å². The summed E-state index contributed by atoms with van der Waals surface area (Å²) in [5.41, 5.74) is 0.825. The molecule has 106 valence electrons. The molecule has 0 atom stereocenters. The van der Waals surface area contributed by atoms with E-state index in [4.69, 9.17) is 0 Å². The molecule has 1 aliphatic rings. The van der Waals surface area contributed by atoms with Crippen molar-refractivity contribution < 1.29 is 0 Å². The zero-order chi connectivity index (χ0) is 13.8. The fraction of sp³-hybridized carbons (Fsp3) is 0.500. The second-order valence-electron chi connectivity index (χ2n) is 5.61. The maximum absolute atomic E-state index is 12.3. The Balaban J connectivity index is 1.60. The lowest BCUT2D eigenvalue weighted by atomic mass is 10.1. The molecular weight excluding hydrogens is 250 g/mol. The Morgan fingerprint density at radius 2 is 2.05 bits per heavy atom. The number of hydrogen-bond donors (Lipinski definition) is 1. The average Bonchev–Trinajstić information content (AvgIpc) is 2.99. The van der Waals surface area contributed by atoms with Gasteiger partial charge in [-0.05, 0) is 37.4 Å². The number of hydrogen-bond acceptors (Lipinski definition) is 3. The van der Waals surface area contributed by atoms with Crippen LogP contribution < -0.4 is 10.9 Å². The van der Waals surface area contributed by atoms with E-state index in [-0.39, 0.29) is 5.56 Å². The van der Waals surface area contributed by atoms with Gasteiger partial charge in [-0.3, -0.25) is 9.36 Å². The van der Waals surface area contributed by atoms with Crippen LogP contribution >= 0.6 is 0 Å². The van der Waals surface area contributed by atoms with Gasteiger partial charge in [0.1, 0.15) is 0 Å². The summed E-state index contributed by atoms with van der Waals surface area (Å²) >= 11 is 0. The van der Waals surface area contributed by atoms with E-state index in [0.29, 0.717) is 11.9 Å². The van der Waals surface area contributed by atoms with Crippen molar-refractivity contribution >= 4 is 10.9 Å². The molecule has 1 heterocycles. The molecule has 4 heteroatoms. The van der Waals surface area contributed by atoms with Crippen molar-refractivity contribution in [2.75, 3.05) is 13.1 Å². The minimum atomic E-state index is 0.0540. The van der Waals surface area contributed by atoms with Gasteiger partial charge in [0.05, 0.1) is 17.2 Å². The number of nitrogens with one attached hydrogen (secondary N) is 1. The summed E-state index contributed by atoms with van der Waals surface area (Å²) in [7, 11) is 0. The third-order valence-corrected chi connectivity index (χ3v) is 4.17. The highest BCUT2D eigenvalue weighted by molar-refractivity contribution is 5.76. The highest BCUT2D eigenvalue weighted by Crippen LogP contribution is 2.23. The van der Waals surface area contributed by atoms with Crippen molar-refractivity contribution in [2.45, 2.75) is 32.2 Å². The summed E-state index contributed by atoms with van der Waals surface area (Å²) in [5.74, 6) is 0.835. The van der Waals surface area contributed by atoms with Crippen LogP contribution in [-0.4, -0.2) is 22.6 Å². The van der Waals surface area contributed by atoms with Gasteiger partial charge in [0, 0.05) is 13.1 Å². The van der Waals surface area contributed by atoms with Gasteiger partial charge in [-0.15, -0.1) is 0 Å². The quantitative estimate of drug-likeness (QED) is 0.848. The number of nitrogens with zero attached hydrogens (tertiary/aromatic N) is 2. The van der Waals surface area contributed by atoms with Crippen LogP contribution in [-0.2, 0) is 6.54 Å². The number of para-hydroxylation sites is 1. The highest BCUT2D eigenvalue weighted by atomic mass is 16.1. The number of benzene rings is 1. The Labute approximate surface area is 118 Å². The van der Waals surface area contributed by atoms with Crippen LogP contribution in [0.4, 0.5) is 0 Å². The summed E-state index contributed by atoms with van der Waals surface area (Å²) in [6.45, 7) is 2.59. The van der Waals surface area contributed by atoms with Gasteiger partial charge in [-0.25, -0.2) is 4.98 Å². The fourth-order valence-corrected chi connectivity index (χ4v) is 2.99. The van der Waals surface area contributed by atoms with Crippen molar-refractivity contribution in [3.63, 3.8) is 0 Å². The van der Waals surface area contributed by atoms with Gasteiger partial charge < -0.3 is 5.32 Å². The van der Waals surface area contributed by atoms with Crippen LogP contribution in [0.3, 0.4) is 0 Å². The van der Waals surface area contributed by atoms with Gasteiger partial charge in [-0.1, -0.05) is 25.0 Å². The van der Waals surface area contributed by atoms with Gasteiger partial charge >= 0.3 is 0 Å². The zero-order valence-corrected chi connectivity index (χ0v) is 11.7. The van der Waals surface area contributed by atoms with E-state index in [2.05, 4.69) is 10.3 Å². The third-order valence-electron chi connectivity index (χ3n) is 4.17. The molecule has 1 fully saturated rings. The fourth-order valence-electron chi connectivity index (χ4n) is 2.99. The van der Waals surface area contributed by atoms with E-state index in [0.717, 1.165) is 24.5 Å². The minimum Gasteiger partial charge on any atom is -0.315 e. The van der Waals surface area contributed by atoms with Crippen molar-refractivity contribution in [3.8, 4) is 0 Å². The molecule has 4 nitrogen and oxygen atoms in total. The first kappa shape index (κ1) is 13.3. The lowest BCUT2D eigenvalue weighted by Gasteiger charge is -2.11. The lowest BCUT2D eigenvalue weighted by Crippen LogP contribution is -2.29. The number of aromatic nitrogens is 2. The minimum absolute atomic E-state index is 0.0540. The van der Waals surface area contributed by atoms with Crippen molar-refractivity contribution in [1.29, 1.82) is 0 Å². The summed E-state index contributed by atoms with van der Waals surface area (Å²) < 4.78 is 1.70. The Kier molecular flexibility index (Phi) is 4.11. The zero-order valence-electron chi connectivity index (χ0n) is 11.7. The molecule has 1 aromatic heterocycles. The van der Waals surface area contributed by atoms with E-state index in [9.17, 15) is 4.79 Å². The first-order chi connectivity index (χ1) is 9.84. The number of rotatable bonds is 5. The first-order valence-electron chi connectivity index (χ1n) is 7.49. The summed E-state index contributed by atoms with van der Waals surface area (Å²) in [6.07, 6.45) is 7.11. The van der Waals surface area contributed by atoms with Crippen LogP contribution in [0.1, 0.15) is 25.7 Å². The molecule has 0 saturated heterocycles. The van der Waals surface area contributed by atoms with Crippen molar-refractivity contribution in [3.05, 3.63) is 40.9 Å². The largest absolute Gasteiger partial charge is 0.315 e. The third kappa shape index (κ3) is 2.90. The Morgan fingerprint density at radius 3 is 2.90 bits per heavy atom. The van der Waals surface area contributed by atoms with Crippen LogP contribution in [0.15, 0.2) is 35.4 Å².